The van der Waals surface area contributed by atoms with Crippen LogP contribution in [0.1, 0.15) is 31.2 Å². The zero-order valence-corrected chi connectivity index (χ0v) is 11.6. The molecular weight excluding hydrogens is 245 g/mol. The minimum atomic E-state index is -0.305. The van der Waals surface area contributed by atoms with Crippen molar-refractivity contribution in [2.45, 2.75) is 43.7 Å². The lowest BCUT2D eigenvalue weighted by molar-refractivity contribution is -0.0813. The maximum atomic E-state index is 14.0. The third-order valence-corrected chi connectivity index (χ3v) is 4.08. The van der Waals surface area contributed by atoms with E-state index in [1.165, 1.54) is 13.5 Å². The van der Waals surface area contributed by atoms with Crippen LogP contribution in [0.4, 0.5) is 4.39 Å². The zero-order valence-electron chi connectivity index (χ0n) is 11.6. The minimum Gasteiger partial charge on any atom is -0.494 e. The van der Waals surface area contributed by atoms with Gasteiger partial charge in [0.25, 0.3) is 0 Å². The molecule has 2 N–H and O–H groups in total. The fourth-order valence-corrected chi connectivity index (χ4v) is 2.77. The SMILES string of the molecule is COc1cccc(CC(N)CC2(OC)CCC2)c1F. The molecule has 106 valence electrons. The monoisotopic (exact) mass is 267 g/mol. The van der Waals surface area contributed by atoms with Crippen LogP contribution < -0.4 is 10.5 Å². The first kappa shape index (κ1) is 14.3. The van der Waals surface area contributed by atoms with Gasteiger partial charge in [0, 0.05) is 13.2 Å². The maximum absolute atomic E-state index is 14.0. The van der Waals surface area contributed by atoms with Crippen molar-refractivity contribution < 1.29 is 13.9 Å². The molecule has 1 unspecified atom stereocenters. The number of benzene rings is 1. The molecule has 2 rings (SSSR count). The number of hydrogen-bond acceptors (Lipinski definition) is 3. The van der Waals surface area contributed by atoms with Gasteiger partial charge in [-0.2, -0.15) is 0 Å². The Hall–Kier alpha value is -1.13. The van der Waals surface area contributed by atoms with Gasteiger partial charge in [0.05, 0.1) is 12.7 Å². The van der Waals surface area contributed by atoms with Crippen molar-refractivity contribution >= 4 is 0 Å². The average molecular weight is 267 g/mol. The predicted octanol–water partition coefficient (Wildman–Crippen LogP) is 2.66. The van der Waals surface area contributed by atoms with E-state index in [2.05, 4.69) is 0 Å². The van der Waals surface area contributed by atoms with Gasteiger partial charge in [0.1, 0.15) is 0 Å². The number of methoxy groups -OCH3 is 2. The van der Waals surface area contributed by atoms with Crippen molar-refractivity contribution in [1.82, 2.24) is 0 Å². The largest absolute Gasteiger partial charge is 0.494 e. The summed E-state index contributed by atoms with van der Waals surface area (Å²) in [5.41, 5.74) is 6.68. The average Bonchev–Trinajstić information content (AvgIpc) is 2.36. The van der Waals surface area contributed by atoms with Gasteiger partial charge in [-0.1, -0.05) is 12.1 Å². The predicted molar refractivity (Wildman–Crippen MR) is 72.8 cm³/mol. The zero-order chi connectivity index (χ0) is 13.9. The Labute approximate surface area is 113 Å². The Morgan fingerprint density at radius 2 is 2.11 bits per heavy atom. The molecule has 0 saturated heterocycles. The molecular formula is C15H22FNO2. The Morgan fingerprint density at radius 3 is 2.63 bits per heavy atom. The summed E-state index contributed by atoms with van der Waals surface area (Å²) in [5, 5.41) is 0. The lowest BCUT2D eigenvalue weighted by Crippen LogP contribution is -2.45. The molecule has 0 bridgehead atoms. The van der Waals surface area contributed by atoms with Gasteiger partial charge in [-0.15, -0.1) is 0 Å². The molecule has 1 fully saturated rings. The van der Waals surface area contributed by atoms with Crippen LogP contribution in [-0.2, 0) is 11.2 Å². The minimum absolute atomic E-state index is 0.0746. The van der Waals surface area contributed by atoms with Gasteiger partial charge in [0.15, 0.2) is 11.6 Å². The first-order valence-electron chi connectivity index (χ1n) is 6.72. The van der Waals surface area contributed by atoms with E-state index in [0.717, 1.165) is 19.3 Å². The standard InChI is InChI=1S/C15H22FNO2/c1-18-13-6-3-5-11(14(13)16)9-12(17)10-15(19-2)7-4-8-15/h3,5-6,12H,4,7-10,17H2,1-2H3. The van der Waals surface area contributed by atoms with E-state index in [1.54, 1.807) is 25.3 Å². The van der Waals surface area contributed by atoms with Crippen LogP contribution in [0.3, 0.4) is 0 Å². The highest BCUT2D eigenvalue weighted by Gasteiger charge is 2.38. The maximum Gasteiger partial charge on any atom is 0.168 e. The van der Waals surface area contributed by atoms with E-state index in [1.807, 2.05) is 0 Å². The highest BCUT2D eigenvalue weighted by Crippen LogP contribution is 2.39. The van der Waals surface area contributed by atoms with Crippen LogP contribution in [0.25, 0.3) is 0 Å². The first-order valence-corrected chi connectivity index (χ1v) is 6.72. The molecule has 3 nitrogen and oxygen atoms in total. The molecule has 19 heavy (non-hydrogen) atoms. The van der Waals surface area contributed by atoms with Crippen molar-refractivity contribution in [3.05, 3.63) is 29.6 Å². The molecule has 1 aromatic carbocycles. The summed E-state index contributed by atoms with van der Waals surface area (Å²) >= 11 is 0. The van der Waals surface area contributed by atoms with E-state index >= 15 is 0 Å². The Balaban J connectivity index is 2.00. The molecule has 0 aliphatic heterocycles. The van der Waals surface area contributed by atoms with Gasteiger partial charge in [-0.05, 0) is 43.7 Å². The Kier molecular flexibility index (Phi) is 4.42. The fourth-order valence-electron chi connectivity index (χ4n) is 2.77. The van der Waals surface area contributed by atoms with Gasteiger partial charge < -0.3 is 15.2 Å². The second kappa shape index (κ2) is 5.88. The highest BCUT2D eigenvalue weighted by atomic mass is 19.1. The third-order valence-electron chi connectivity index (χ3n) is 4.08. The van der Waals surface area contributed by atoms with Gasteiger partial charge in [-0.3, -0.25) is 0 Å². The van der Waals surface area contributed by atoms with Crippen molar-refractivity contribution in [2.24, 2.45) is 5.73 Å². The smallest absolute Gasteiger partial charge is 0.168 e. The molecule has 0 heterocycles. The Morgan fingerprint density at radius 1 is 1.37 bits per heavy atom. The fraction of sp³-hybridized carbons (Fsp3) is 0.600. The van der Waals surface area contributed by atoms with E-state index < -0.39 is 0 Å². The molecule has 0 aromatic heterocycles. The number of nitrogens with two attached hydrogens (primary N) is 1. The number of rotatable bonds is 6. The van der Waals surface area contributed by atoms with Crippen molar-refractivity contribution in [3.63, 3.8) is 0 Å². The highest BCUT2D eigenvalue weighted by molar-refractivity contribution is 5.31. The van der Waals surface area contributed by atoms with Gasteiger partial charge in [-0.25, -0.2) is 4.39 Å². The first-order chi connectivity index (χ1) is 9.10. The van der Waals surface area contributed by atoms with Crippen LogP contribution in [0.5, 0.6) is 5.75 Å². The molecule has 0 amide bonds. The van der Waals surface area contributed by atoms with Crippen LogP contribution >= 0.6 is 0 Å². The normalized spacial score (nSPS) is 18.7. The molecule has 1 aromatic rings. The third kappa shape index (κ3) is 3.07. The summed E-state index contributed by atoms with van der Waals surface area (Å²) < 4.78 is 24.6. The summed E-state index contributed by atoms with van der Waals surface area (Å²) in [6.45, 7) is 0. The van der Waals surface area contributed by atoms with Gasteiger partial charge in [0.2, 0.25) is 0 Å². The quantitative estimate of drug-likeness (QED) is 0.861. The van der Waals surface area contributed by atoms with Crippen molar-refractivity contribution in [3.8, 4) is 5.75 Å². The molecule has 0 spiro atoms. The second-order valence-electron chi connectivity index (χ2n) is 5.34. The summed E-state index contributed by atoms with van der Waals surface area (Å²) in [5.74, 6) is -0.0321. The summed E-state index contributed by atoms with van der Waals surface area (Å²) in [4.78, 5) is 0. The molecule has 1 saturated carbocycles. The van der Waals surface area contributed by atoms with Crippen molar-refractivity contribution in [1.29, 1.82) is 0 Å². The van der Waals surface area contributed by atoms with Crippen LogP contribution in [0.2, 0.25) is 0 Å². The number of hydrogen-bond donors (Lipinski definition) is 1. The molecule has 4 heteroatoms. The number of ether oxygens (including phenoxy) is 2. The van der Waals surface area contributed by atoms with Crippen LogP contribution in [0.15, 0.2) is 18.2 Å². The lowest BCUT2D eigenvalue weighted by Gasteiger charge is -2.42. The van der Waals surface area contributed by atoms with Crippen molar-refractivity contribution in [2.75, 3.05) is 14.2 Å². The summed E-state index contributed by atoms with van der Waals surface area (Å²) in [6.07, 6.45) is 4.58. The van der Waals surface area contributed by atoms with E-state index in [9.17, 15) is 4.39 Å². The summed E-state index contributed by atoms with van der Waals surface area (Å²) in [6, 6.07) is 5.08. The van der Waals surface area contributed by atoms with Crippen LogP contribution in [-0.4, -0.2) is 25.9 Å². The topological polar surface area (TPSA) is 44.5 Å². The summed E-state index contributed by atoms with van der Waals surface area (Å²) in [7, 11) is 3.20. The molecule has 1 aliphatic carbocycles. The molecule has 1 atom stereocenters. The number of halogens is 1. The van der Waals surface area contributed by atoms with E-state index in [4.69, 9.17) is 15.2 Å². The second-order valence-corrected chi connectivity index (χ2v) is 5.34. The van der Waals surface area contributed by atoms with Gasteiger partial charge >= 0.3 is 0 Å². The van der Waals surface area contributed by atoms with E-state index in [-0.39, 0.29) is 23.2 Å². The molecule has 1 aliphatic rings. The molecule has 0 radical (unpaired) electrons. The van der Waals surface area contributed by atoms with Crippen LogP contribution in [0, 0.1) is 5.82 Å². The lowest BCUT2D eigenvalue weighted by atomic mass is 9.75. The Bertz CT molecular complexity index is 427. The van der Waals surface area contributed by atoms with E-state index in [0.29, 0.717) is 12.0 Å².